The number of pyridine rings is 1. The summed E-state index contributed by atoms with van der Waals surface area (Å²) < 4.78 is 0. The molecule has 2 aromatic heterocycles. The third kappa shape index (κ3) is 2.34. The molecule has 0 saturated carbocycles. The number of fused-ring (bicyclic) bond motifs is 1. The Kier molecular flexibility index (Phi) is 3.10. The van der Waals surface area contributed by atoms with E-state index < -0.39 is 0 Å². The second kappa shape index (κ2) is 5.39. The zero-order valence-corrected chi connectivity index (χ0v) is 12.2. The minimum Gasteiger partial charge on any atom is -0.278 e. The summed E-state index contributed by atoms with van der Waals surface area (Å²) in [6.45, 7) is 0. The van der Waals surface area contributed by atoms with Crippen molar-refractivity contribution in [3.8, 4) is 28.5 Å². The summed E-state index contributed by atoms with van der Waals surface area (Å²) in [4.78, 5) is 4.54. The number of aromatic nitrogens is 3. The Morgan fingerprint density at radius 3 is 2.61 bits per heavy atom. The smallest absolute Gasteiger partial charge is 0.0991 e. The topological polar surface area (TPSA) is 65.4 Å². The fourth-order valence-corrected chi connectivity index (χ4v) is 2.68. The Morgan fingerprint density at radius 2 is 1.78 bits per heavy atom. The van der Waals surface area contributed by atoms with Crippen molar-refractivity contribution < 1.29 is 0 Å². The minimum absolute atomic E-state index is 0.644. The van der Waals surface area contributed by atoms with Crippen LogP contribution < -0.4 is 0 Å². The maximum absolute atomic E-state index is 8.94. The molecule has 23 heavy (non-hydrogen) atoms. The summed E-state index contributed by atoms with van der Waals surface area (Å²) in [5.74, 6) is 0. The van der Waals surface area contributed by atoms with E-state index in [2.05, 4.69) is 39.4 Å². The molecule has 2 heterocycles. The number of aromatic amines is 1. The van der Waals surface area contributed by atoms with E-state index in [0.29, 0.717) is 5.56 Å². The van der Waals surface area contributed by atoms with Gasteiger partial charge in [0.15, 0.2) is 0 Å². The highest BCUT2D eigenvalue weighted by molar-refractivity contribution is 5.88. The number of nitriles is 1. The van der Waals surface area contributed by atoms with Gasteiger partial charge in [0.2, 0.25) is 0 Å². The molecule has 2 aromatic carbocycles. The van der Waals surface area contributed by atoms with E-state index in [-0.39, 0.29) is 0 Å². The van der Waals surface area contributed by atoms with Gasteiger partial charge in [-0.05, 0) is 35.9 Å². The van der Waals surface area contributed by atoms with E-state index in [1.54, 1.807) is 6.20 Å². The number of hydrogen-bond donors (Lipinski definition) is 1. The lowest BCUT2D eigenvalue weighted by atomic mass is 9.98. The summed E-state index contributed by atoms with van der Waals surface area (Å²) in [6, 6.07) is 19.8. The van der Waals surface area contributed by atoms with Gasteiger partial charge in [-0.3, -0.25) is 10.1 Å². The van der Waals surface area contributed by atoms with Crippen molar-refractivity contribution >= 4 is 10.9 Å². The number of benzene rings is 2. The van der Waals surface area contributed by atoms with Gasteiger partial charge in [-0.15, -0.1) is 0 Å². The molecular weight excluding hydrogens is 284 g/mol. The molecule has 108 valence electrons. The highest BCUT2D eigenvalue weighted by Crippen LogP contribution is 2.31. The first-order valence-corrected chi connectivity index (χ1v) is 7.24. The van der Waals surface area contributed by atoms with E-state index in [0.717, 1.165) is 33.3 Å². The molecule has 0 aliphatic heterocycles. The summed E-state index contributed by atoms with van der Waals surface area (Å²) >= 11 is 0. The second-order valence-electron chi connectivity index (χ2n) is 5.26. The summed E-state index contributed by atoms with van der Waals surface area (Å²) in [7, 11) is 0. The van der Waals surface area contributed by atoms with Crippen LogP contribution in [0.3, 0.4) is 0 Å². The van der Waals surface area contributed by atoms with Crippen LogP contribution in [0.1, 0.15) is 5.56 Å². The van der Waals surface area contributed by atoms with E-state index in [1.165, 1.54) is 0 Å². The van der Waals surface area contributed by atoms with Gasteiger partial charge in [-0.2, -0.15) is 10.4 Å². The molecule has 1 N–H and O–H groups in total. The predicted molar refractivity (Wildman–Crippen MR) is 89.5 cm³/mol. The molecule has 0 aliphatic rings. The molecule has 0 spiro atoms. The normalized spacial score (nSPS) is 10.6. The first kappa shape index (κ1) is 13.2. The van der Waals surface area contributed by atoms with Gasteiger partial charge in [0.25, 0.3) is 0 Å². The molecule has 0 bridgehead atoms. The van der Waals surface area contributed by atoms with Crippen LogP contribution in [0.5, 0.6) is 0 Å². The first-order chi connectivity index (χ1) is 11.3. The number of hydrogen-bond acceptors (Lipinski definition) is 3. The fourth-order valence-electron chi connectivity index (χ4n) is 2.68. The predicted octanol–water partition coefficient (Wildman–Crippen LogP) is 4.16. The number of nitrogens with one attached hydrogen (secondary N) is 1. The van der Waals surface area contributed by atoms with Crippen LogP contribution in [0.25, 0.3) is 33.3 Å². The van der Waals surface area contributed by atoms with Gasteiger partial charge in [-0.1, -0.05) is 24.3 Å². The van der Waals surface area contributed by atoms with Crippen molar-refractivity contribution in [3.63, 3.8) is 0 Å². The molecule has 4 aromatic rings. The molecule has 4 heteroatoms. The maximum atomic E-state index is 8.94. The SMILES string of the molecule is N#Cc1ccc(-c2ncccc2-c2ccc3[nH]ncc3c2)cc1. The molecule has 4 rings (SSSR count). The van der Waals surface area contributed by atoms with E-state index in [1.807, 2.05) is 42.6 Å². The van der Waals surface area contributed by atoms with Crippen LogP contribution in [-0.2, 0) is 0 Å². The van der Waals surface area contributed by atoms with E-state index in [4.69, 9.17) is 5.26 Å². The van der Waals surface area contributed by atoms with Crippen molar-refractivity contribution in [3.05, 3.63) is 72.6 Å². The highest BCUT2D eigenvalue weighted by Gasteiger charge is 2.09. The van der Waals surface area contributed by atoms with Crippen molar-refractivity contribution in [2.24, 2.45) is 0 Å². The van der Waals surface area contributed by atoms with Crippen LogP contribution in [0.4, 0.5) is 0 Å². The molecule has 0 unspecified atom stereocenters. The molecule has 0 radical (unpaired) electrons. The average Bonchev–Trinajstić information content (AvgIpc) is 3.09. The molecule has 0 saturated heterocycles. The van der Waals surface area contributed by atoms with E-state index >= 15 is 0 Å². The summed E-state index contributed by atoms with van der Waals surface area (Å²) in [5.41, 5.74) is 5.70. The summed E-state index contributed by atoms with van der Waals surface area (Å²) in [5, 5.41) is 17.0. The summed E-state index contributed by atoms with van der Waals surface area (Å²) in [6.07, 6.45) is 3.60. The number of H-pyrrole nitrogens is 1. The minimum atomic E-state index is 0.644. The van der Waals surface area contributed by atoms with Crippen molar-refractivity contribution in [2.75, 3.05) is 0 Å². The Balaban J connectivity index is 1.87. The average molecular weight is 296 g/mol. The van der Waals surface area contributed by atoms with Gasteiger partial charge in [0.05, 0.1) is 29.0 Å². The molecule has 0 amide bonds. The second-order valence-corrected chi connectivity index (χ2v) is 5.26. The van der Waals surface area contributed by atoms with E-state index in [9.17, 15) is 0 Å². The van der Waals surface area contributed by atoms with Crippen molar-refractivity contribution in [1.29, 1.82) is 5.26 Å². The fraction of sp³-hybridized carbons (Fsp3) is 0. The van der Waals surface area contributed by atoms with Gasteiger partial charge in [0.1, 0.15) is 0 Å². The Hall–Kier alpha value is -3.45. The third-order valence-corrected chi connectivity index (χ3v) is 3.85. The Morgan fingerprint density at radius 1 is 0.957 bits per heavy atom. The first-order valence-electron chi connectivity index (χ1n) is 7.24. The monoisotopic (exact) mass is 296 g/mol. The maximum Gasteiger partial charge on any atom is 0.0991 e. The molecule has 0 fully saturated rings. The largest absolute Gasteiger partial charge is 0.278 e. The van der Waals surface area contributed by atoms with Crippen LogP contribution in [0.2, 0.25) is 0 Å². The number of rotatable bonds is 2. The zero-order valence-electron chi connectivity index (χ0n) is 12.2. The molecule has 4 nitrogen and oxygen atoms in total. The van der Waals surface area contributed by atoms with Crippen LogP contribution >= 0.6 is 0 Å². The van der Waals surface area contributed by atoms with Crippen LogP contribution in [0.15, 0.2) is 67.0 Å². The van der Waals surface area contributed by atoms with Gasteiger partial charge in [0, 0.05) is 22.7 Å². The van der Waals surface area contributed by atoms with Gasteiger partial charge < -0.3 is 0 Å². The van der Waals surface area contributed by atoms with Gasteiger partial charge in [-0.25, -0.2) is 0 Å². The van der Waals surface area contributed by atoms with Crippen molar-refractivity contribution in [2.45, 2.75) is 0 Å². The lowest BCUT2D eigenvalue weighted by Crippen LogP contribution is -1.89. The molecule has 0 aliphatic carbocycles. The Labute approximate surface area is 133 Å². The lowest BCUT2D eigenvalue weighted by Gasteiger charge is -2.09. The molecule has 0 atom stereocenters. The van der Waals surface area contributed by atoms with Crippen molar-refractivity contribution in [1.82, 2.24) is 15.2 Å². The number of nitrogens with zero attached hydrogens (tertiary/aromatic N) is 3. The quantitative estimate of drug-likeness (QED) is 0.604. The van der Waals surface area contributed by atoms with Crippen LogP contribution in [0, 0.1) is 11.3 Å². The Bertz CT molecular complexity index is 1020. The zero-order chi connectivity index (χ0) is 15.6. The third-order valence-electron chi connectivity index (χ3n) is 3.85. The van der Waals surface area contributed by atoms with Gasteiger partial charge >= 0.3 is 0 Å². The molecular formula is C19H12N4. The van der Waals surface area contributed by atoms with Crippen LogP contribution in [-0.4, -0.2) is 15.2 Å². The standard InChI is InChI=1S/C19H12N4/c20-11-13-3-5-14(6-4-13)19-17(2-1-9-21-19)15-7-8-18-16(10-15)12-22-23-18/h1-10,12H,(H,22,23). The highest BCUT2D eigenvalue weighted by atomic mass is 15.1. The lowest BCUT2D eigenvalue weighted by molar-refractivity contribution is 1.12.